The topological polar surface area (TPSA) is 66.2 Å². The summed E-state index contributed by atoms with van der Waals surface area (Å²) in [6.45, 7) is 3.54. The van der Waals surface area contributed by atoms with Crippen molar-refractivity contribution in [3.63, 3.8) is 0 Å². The van der Waals surface area contributed by atoms with Gasteiger partial charge in [0.1, 0.15) is 5.75 Å². The second kappa shape index (κ2) is 6.90. The first kappa shape index (κ1) is 17.5. The summed E-state index contributed by atoms with van der Waals surface area (Å²) in [5.41, 5.74) is 2.55. The second-order valence-corrected chi connectivity index (χ2v) is 6.39. The number of rotatable bonds is 4. The maximum Gasteiger partial charge on any atom is 0.349 e. The summed E-state index contributed by atoms with van der Waals surface area (Å²) in [6.07, 6.45) is 0. The van der Waals surface area contributed by atoms with E-state index in [9.17, 15) is 4.79 Å². The molecule has 0 aliphatic carbocycles. The van der Waals surface area contributed by atoms with Crippen LogP contribution in [0.2, 0.25) is 10.0 Å². The van der Waals surface area contributed by atoms with Crippen molar-refractivity contribution in [2.45, 2.75) is 13.8 Å². The van der Waals surface area contributed by atoms with Crippen molar-refractivity contribution in [2.75, 3.05) is 6.61 Å². The second-order valence-electron chi connectivity index (χ2n) is 5.55. The summed E-state index contributed by atoms with van der Waals surface area (Å²) >= 11 is 11.8. The Hall–Kier alpha value is -2.31. The molecule has 130 valence electrons. The van der Waals surface area contributed by atoms with E-state index in [1.165, 1.54) is 12.1 Å². The molecule has 8 heteroatoms. The van der Waals surface area contributed by atoms with Crippen LogP contribution in [-0.2, 0) is 11.8 Å². The average Bonchev–Trinajstić information content (AvgIpc) is 2.84. The van der Waals surface area contributed by atoms with Gasteiger partial charge in [-0.2, -0.15) is 0 Å². The van der Waals surface area contributed by atoms with Crippen molar-refractivity contribution in [3.8, 4) is 11.6 Å². The van der Waals surface area contributed by atoms with E-state index in [1.54, 1.807) is 17.8 Å². The summed E-state index contributed by atoms with van der Waals surface area (Å²) in [7, 11) is 1.77. The number of aromatic nitrogens is 3. The van der Waals surface area contributed by atoms with E-state index < -0.39 is 5.97 Å². The van der Waals surface area contributed by atoms with Crippen LogP contribution >= 0.6 is 23.2 Å². The molecule has 0 bridgehead atoms. The average molecular weight is 380 g/mol. The molecule has 6 nitrogen and oxygen atoms in total. The standard InChI is InChI=1S/C17H15Cl2N3O3/c1-9-6-10(2)20-16-15(9)17(21-22(16)3)24-8-14(23)25-13-5-4-11(18)7-12(13)19/h4-7H,8H2,1-3H3. The van der Waals surface area contributed by atoms with Gasteiger partial charge in [-0.25, -0.2) is 14.5 Å². The van der Waals surface area contributed by atoms with Gasteiger partial charge in [0.25, 0.3) is 0 Å². The van der Waals surface area contributed by atoms with Crippen LogP contribution < -0.4 is 9.47 Å². The van der Waals surface area contributed by atoms with Crippen molar-refractivity contribution >= 4 is 40.2 Å². The molecule has 0 N–H and O–H groups in total. The predicted octanol–water partition coefficient (Wildman–Crippen LogP) is 3.88. The van der Waals surface area contributed by atoms with Crippen molar-refractivity contribution in [3.05, 3.63) is 45.6 Å². The first-order valence-electron chi connectivity index (χ1n) is 7.44. The van der Waals surface area contributed by atoms with E-state index in [0.717, 1.165) is 16.6 Å². The van der Waals surface area contributed by atoms with Gasteiger partial charge in [-0.3, -0.25) is 0 Å². The smallest absolute Gasteiger partial charge is 0.349 e. The third-order valence-electron chi connectivity index (χ3n) is 3.53. The Morgan fingerprint density at radius 1 is 1.24 bits per heavy atom. The molecule has 3 rings (SSSR count). The summed E-state index contributed by atoms with van der Waals surface area (Å²) in [6, 6.07) is 6.54. The highest BCUT2D eigenvalue weighted by Crippen LogP contribution is 2.29. The molecule has 1 aromatic carbocycles. The Bertz CT molecular complexity index is 969. The van der Waals surface area contributed by atoms with Crippen LogP contribution in [0.25, 0.3) is 11.0 Å². The van der Waals surface area contributed by atoms with Gasteiger partial charge in [0.05, 0.1) is 10.4 Å². The van der Waals surface area contributed by atoms with E-state index in [0.29, 0.717) is 16.5 Å². The van der Waals surface area contributed by atoms with E-state index in [2.05, 4.69) is 10.1 Å². The lowest BCUT2D eigenvalue weighted by molar-refractivity contribution is -0.136. The lowest BCUT2D eigenvalue weighted by Crippen LogP contribution is -2.18. The zero-order valence-electron chi connectivity index (χ0n) is 13.8. The van der Waals surface area contributed by atoms with Gasteiger partial charge in [0.15, 0.2) is 12.3 Å². The van der Waals surface area contributed by atoms with E-state index >= 15 is 0 Å². The Labute approximate surface area is 154 Å². The molecule has 0 saturated carbocycles. The minimum Gasteiger partial charge on any atom is -0.464 e. The monoisotopic (exact) mass is 379 g/mol. The van der Waals surface area contributed by atoms with Gasteiger partial charge in [-0.15, -0.1) is 5.10 Å². The molecular weight excluding hydrogens is 365 g/mol. The molecule has 0 radical (unpaired) electrons. The number of hydrogen-bond acceptors (Lipinski definition) is 5. The van der Waals surface area contributed by atoms with Crippen molar-refractivity contribution in [1.29, 1.82) is 0 Å². The van der Waals surface area contributed by atoms with Crippen LogP contribution in [0.4, 0.5) is 0 Å². The highest BCUT2D eigenvalue weighted by molar-refractivity contribution is 6.35. The molecule has 0 fully saturated rings. The van der Waals surface area contributed by atoms with E-state index in [4.69, 9.17) is 32.7 Å². The fourth-order valence-electron chi connectivity index (χ4n) is 2.49. The summed E-state index contributed by atoms with van der Waals surface area (Å²) in [4.78, 5) is 16.5. The number of ether oxygens (including phenoxy) is 2. The molecule has 0 atom stereocenters. The quantitative estimate of drug-likeness (QED) is 0.508. The van der Waals surface area contributed by atoms with Gasteiger partial charge >= 0.3 is 5.97 Å². The number of pyridine rings is 1. The third kappa shape index (κ3) is 3.70. The number of aryl methyl sites for hydroxylation is 3. The van der Waals surface area contributed by atoms with Crippen LogP contribution in [0.1, 0.15) is 11.3 Å². The van der Waals surface area contributed by atoms with Gasteiger partial charge in [0, 0.05) is 17.8 Å². The van der Waals surface area contributed by atoms with Crippen molar-refractivity contribution in [1.82, 2.24) is 14.8 Å². The van der Waals surface area contributed by atoms with Crippen LogP contribution in [0.5, 0.6) is 11.6 Å². The maximum atomic E-state index is 12.0. The van der Waals surface area contributed by atoms with Gasteiger partial charge in [-0.05, 0) is 43.7 Å². The van der Waals surface area contributed by atoms with Crippen LogP contribution in [0, 0.1) is 13.8 Å². The normalized spacial score (nSPS) is 10.9. The Morgan fingerprint density at radius 2 is 2.00 bits per heavy atom. The Balaban J connectivity index is 1.75. The molecule has 0 unspecified atom stereocenters. The van der Waals surface area contributed by atoms with Gasteiger partial charge in [-0.1, -0.05) is 23.2 Å². The number of carbonyl (C=O) groups is 1. The Morgan fingerprint density at radius 3 is 2.72 bits per heavy atom. The van der Waals surface area contributed by atoms with Crippen molar-refractivity contribution < 1.29 is 14.3 Å². The maximum absolute atomic E-state index is 12.0. The SMILES string of the molecule is Cc1cc(C)c2c(OCC(=O)Oc3ccc(Cl)cc3Cl)nn(C)c2n1. The number of halogens is 2. The fourth-order valence-corrected chi connectivity index (χ4v) is 2.93. The molecule has 2 heterocycles. The summed E-state index contributed by atoms with van der Waals surface area (Å²) in [5.74, 6) is -0.0404. The first-order valence-corrected chi connectivity index (χ1v) is 8.20. The molecule has 0 spiro atoms. The molecule has 0 amide bonds. The number of esters is 1. The van der Waals surface area contributed by atoms with E-state index in [-0.39, 0.29) is 17.4 Å². The summed E-state index contributed by atoms with van der Waals surface area (Å²) < 4.78 is 12.3. The lowest BCUT2D eigenvalue weighted by Gasteiger charge is -2.07. The highest BCUT2D eigenvalue weighted by Gasteiger charge is 2.16. The van der Waals surface area contributed by atoms with Gasteiger partial charge < -0.3 is 9.47 Å². The zero-order chi connectivity index (χ0) is 18.1. The summed E-state index contributed by atoms with van der Waals surface area (Å²) in [5, 5.41) is 5.76. The molecule has 0 saturated heterocycles. The largest absolute Gasteiger partial charge is 0.464 e. The first-order chi connectivity index (χ1) is 11.8. The highest BCUT2D eigenvalue weighted by atomic mass is 35.5. The van der Waals surface area contributed by atoms with Gasteiger partial charge in [0.2, 0.25) is 5.88 Å². The number of fused-ring (bicyclic) bond motifs is 1. The predicted molar refractivity (Wildman–Crippen MR) is 95.6 cm³/mol. The number of nitrogens with zero attached hydrogens (tertiary/aromatic N) is 3. The number of hydrogen-bond donors (Lipinski definition) is 0. The number of carbonyl (C=O) groups excluding carboxylic acids is 1. The number of benzene rings is 1. The minimum atomic E-state index is -0.597. The van der Waals surface area contributed by atoms with E-state index in [1.807, 2.05) is 19.9 Å². The van der Waals surface area contributed by atoms with Crippen molar-refractivity contribution in [2.24, 2.45) is 7.05 Å². The molecule has 2 aromatic heterocycles. The fraction of sp³-hybridized carbons (Fsp3) is 0.235. The zero-order valence-corrected chi connectivity index (χ0v) is 15.4. The van der Waals surface area contributed by atoms with Crippen LogP contribution in [0.3, 0.4) is 0 Å². The van der Waals surface area contributed by atoms with Crippen LogP contribution in [0.15, 0.2) is 24.3 Å². The van der Waals surface area contributed by atoms with Crippen LogP contribution in [-0.4, -0.2) is 27.3 Å². The molecular formula is C17H15Cl2N3O3. The molecule has 25 heavy (non-hydrogen) atoms. The minimum absolute atomic E-state index is 0.221. The molecule has 3 aromatic rings. The third-order valence-corrected chi connectivity index (χ3v) is 4.06. The molecule has 0 aliphatic heterocycles. The Kier molecular flexibility index (Phi) is 4.83. The molecule has 0 aliphatic rings. The lowest BCUT2D eigenvalue weighted by atomic mass is 10.2.